The minimum Gasteiger partial charge on any atom is -0.359 e. The van der Waals surface area contributed by atoms with Gasteiger partial charge in [0.15, 0.2) is 0 Å². The highest BCUT2D eigenvalue weighted by Gasteiger charge is 2.19. The number of amides is 1. The van der Waals surface area contributed by atoms with Crippen molar-refractivity contribution in [2.45, 2.75) is 19.3 Å². The largest absolute Gasteiger partial charge is 0.359 e. The maximum atomic E-state index is 11.1. The monoisotopic (exact) mass is 213 g/mol. The summed E-state index contributed by atoms with van der Waals surface area (Å²) in [6.45, 7) is 4.28. The number of nitrogens with zero attached hydrogens (tertiary/aromatic N) is 1. The van der Waals surface area contributed by atoms with Crippen LogP contribution in [-0.4, -0.2) is 51.1 Å². The van der Waals surface area contributed by atoms with Crippen LogP contribution >= 0.6 is 0 Å². The number of carbonyl (C=O) groups excluding carboxylic acids is 1. The molecule has 1 aliphatic heterocycles. The fourth-order valence-electron chi connectivity index (χ4n) is 2.19. The Labute approximate surface area is 92.4 Å². The summed E-state index contributed by atoms with van der Waals surface area (Å²) in [6, 6.07) is 0. The second-order valence-corrected chi connectivity index (χ2v) is 4.29. The quantitative estimate of drug-likeness (QED) is 0.678. The molecule has 1 unspecified atom stereocenters. The first kappa shape index (κ1) is 12.5. The zero-order valence-corrected chi connectivity index (χ0v) is 9.88. The molecule has 1 amide bonds. The van der Waals surface area contributed by atoms with Gasteiger partial charge >= 0.3 is 0 Å². The summed E-state index contributed by atoms with van der Waals surface area (Å²) >= 11 is 0. The fraction of sp³-hybridized carbons (Fsp3) is 0.909. The third-order valence-corrected chi connectivity index (χ3v) is 3.03. The minimum absolute atomic E-state index is 0.144. The van der Waals surface area contributed by atoms with Gasteiger partial charge in [0, 0.05) is 26.6 Å². The van der Waals surface area contributed by atoms with Crippen LogP contribution in [0.1, 0.15) is 19.3 Å². The second kappa shape index (κ2) is 6.80. The van der Waals surface area contributed by atoms with E-state index in [9.17, 15) is 4.79 Å². The Morgan fingerprint density at radius 1 is 1.47 bits per heavy atom. The number of hydrogen-bond donors (Lipinski definition) is 2. The Balaban J connectivity index is 2.21. The Morgan fingerprint density at radius 2 is 2.27 bits per heavy atom. The molecule has 0 saturated carbocycles. The molecule has 1 aliphatic rings. The topological polar surface area (TPSA) is 44.4 Å². The van der Waals surface area contributed by atoms with E-state index in [-0.39, 0.29) is 5.91 Å². The van der Waals surface area contributed by atoms with Gasteiger partial charge in [-0.3, -0.25) is 4.79 Å². The summed E-state index contributed by atoms with van der Waals surface area (Å²) in [5, 5.41) is 5.89. The smallest absolute Gasteiger partial charge is 0.221 e. The van der Waals surface area contributed by atoms with Gasteiger partial charge in [0.2, 0.25) is 5.91 Å². The molecule has 0 aromatic carbocycles. The van der Waals surface area contributed by atoms with Crippen molar-refractivity contribution in [1.82, 2.24) is 15.5 Å². The Bertz CT molecular complexity index is 194. The molecule has 0 aliphatic carbocycles. The lowest BCUT2D eigenvalue weighted by atomic mass is 9.98. The van der Waals surface area contributed by atoms with Crippen molar-refractivity contribution in [1.29, 1.82) is 0 Å². The van der Waals surface area contributed by atoms with Crippen molar-refractivity contribution >= 4 is 5.91 Å². The van der Waals surface area contributed by atoms with Crippen LogP contribution in [0.5, 0.6) is 0 Å². The molecule has 0 aromatic rings. The number of likely N-dealkylation sites (tertiary alicyclic amines) is 1. The molecule has 1 atom stereocenters. The van der Waals surface area contributed by atoms with Crippen LogP contribution in [0, 0.1) is 5.92 Å². The fourth-order valence-corrected chi connectivity index (χ4v) is 2.19. The van der Waals surface area contributed by atoms with Crippen LogP contribution in [0.2, 0.25) is 0 Å². The predicted molar refractivity (Wildman–Crippen MR) is 61.8 cm³/mol. The van der Waals surface area contributed by atoms with Crippen LogP contribution in [0.4, 0.5) is 0 Å². The molecule has 88 valence electrons. The first-order valence-corrected chi connectivity index (χ1v) is 5.83. The van der Waals surface area contributed by atoms with Gasteiger partial charge < -0.3 is 15.5 Å². The highest BCUT2D eigenvalue weighted by molar-refractivity contribution is 5.75. The highest BCUT2D eigenvalue weighted by Crippen LogP contribution is 2.15. The lowest BCUT2D eigenvalue weighted by Gasteiger charge is -2.32. The summed E-state index contributed by atoms with van der Waals surface area (Å²) in [5.41, 5.74) is 0. The van der Waals surface area contributed by atoms with Crippen LogP contribution in [0.15, 0.2) is 0 Å². The molecule has 0 bridgehead atoms. The molecule has 15 heavy (non-hydrogen) atoms. The van der Waals surface area contributed by atoms with Gasteiger partial charge in [-0.25, -0.2) is 0 Å². The van der Waals surface area contributed by atoms with Crippen molar-refractivity contribution in [3.63, 3.8) is 0 Å². The lowest BCUT2D eigenvalue weighted by molar-refractivity contribution is -0.121. The summed E-state index contributed by atoms with van der Waals surface area (Å²) in [4.78, 5) is 13.5. The molecule has 1 saturated heterocycles. The normalized spacial score (nSPS) is 22.7. The Morgan fingerprint density at radius 3 is 2.93 bits per heavy atom. The summed E-state index contributed by atoms with van der Waals surface area (Å²) in [7, 11) is 3.70. The minimum atomic E-state index is 0.144. The van der Waals surface area contributed by atoms with E-state index in [2.05, 4.69) is 15.5 Å². The number of nitrogens with one attached hydrogen (secondary N) is 2. The van der Waals surface area contributed by atoms with E-state index in [0.29, 0.717) is 6.42 Å². The number of piperidine rings is 1. The molecule has 0 radical (unpaired) electrons. The Hall–Kier alpha value is -0.610. The van der Waals surface area contributed by atoms with Gasteiger partial charge in [0.05, 0.1) is 0 Å². The van der Waals surface area contributed by atoms with Crippen LogP contribution in [0.3, 0.4) is 0 Å². The number of rotatable bonds is 5. The maximum Gasteiger partial charge on any atom is 0.221 e. The second-order valence-electron chi connectivity index (χ2n) is 4.29. The molecule has 4 nitrogen and oxygen atoms in total. The predicted octanol–water partition coefficient (Wildman–Crippen LogP) is 0.0539. The first-order chi connectivity index (χ1) is 7.26. The van der Waals surface area contributed by atoms with Gasteiger partial charge in [-0.2, -0.15) is 0 Å². The molecule has 4 heteroatoms. The molecule has 0 aromatic heterocycles. The van der Waals surface area contributed by atoms with Crippen molar-refractivity contribution < 1.29 is 4.79 Å². The van der Waals surface area contributed by atoms with Crippen molar-refractivity contribution in [3.05, 3.63) is 0 Å². The van der Waals surface area contributed by atoms with Gasteiger partial charge in [-0.1, -0.05) is 0 Å². The summed E-state index contributed by atoms with van der Waals surface area (Å²) in [6.07, 6.45) is 3.21. The number of hydrogen-bond acceptors (Lipinski definition) is 3. The molecule has 1 heterocycles. The molecule has 1 rings (SSSR count). The van der Waals surface area contributed by atoms with Gasteiger partial charge in [-0.15, -0.1) is 0 Å². The molecule has 1 fully saturated rings. The third kappa shape index (κ3) is 4.62. The average Bonchev–Trinajstić information content (AvgIpc) is 2.27. The van der Waals surface area contributed by atoms with Crippen LogP contribution < -0.4 is 10.6 Å². The number of carbonyl (C=O) groups is 1. The van der Waals surface area contributed by atoms with E-state index in [1.54, 1.807) is 7.05 Å². The van der Waals surface area contributed by atoms with E-state index >= 15 is 0 Å². The molecular formula is C11H23N3O. The standard InChI is InChI=1S/C11H23N3O/c1-12-8-10-4-3-6-14(9-10)7-5-11(15)13-2/h10,12H,3-9H2,1-2H3,(H,13,15). The van der Waals surface area contributed by atoms with Gasteiger partial charge in [-0.05, 0) is 38.9 Å². The lowest BCUT2D eigenvalue weighted by Crippen LogP contribution is -2.40. The highest BCUT2D eigenvalue weighted by atomic mass is 16.1. The van der Waals surface area contributed by atoms with Crippen molar-refractivity contribution in [2.75, 3.05) is 40.3 Å². The molecule has 0 spiro atoms. The Kier molecular flexibility index (Phi) is 5.65. The zero-order chi connectivity index (χ0) is 11.1. The van der Waals surface area contributed by atoms with Crippen molar-refractivity contribution in [2.24, 2.45) is 5.92 Å². The summed E-state index contributed by atoms with van der Waals surface area (Å²) < 4.78 is 0. The summed E-state index contributed by atoms with van der Waals surface area (Å²) in [5.74, 6) is 0.902. The van der Waals surface area contributed by atoms with E-state index in [1.807, 2.05) is 7.05 Å². The van der Waals surface area contributed by atoms with E-state index in [1.165, 1.54) is 12.8 Å². The first-order valence-electron chi connectivity index (χ1n) is 5.83. The molecular weight excluding hydrogens is 190 g/mol. The van der Waals surface area contributed by atoms with E-state index in [4.69, 9.17) is 0 Å². The van der Waals surface area contributed by atoms with E-state index in [0.717, 1.165) is 32.1 Å². The van der Waals surface area contributed by atoms with E-state index < -0.39 is 0 Å². The van der Waals surface area contributed by atoms with Crippen LogP contribution in [-0.2, 0) is 4.79 Å². The average molecular weight is 213 g/mol. The zero-order valence-electron chi connectivity index (χ0n) is 9.88. The molecule has 2 N–H and O–H groups in total. The van der Waals surface area contributed by atoms with Gasteiger partial charge in [0.1, 0.15) is 0 Å². The van der Waals surface area contributed by atoms with Crippen LogP contribution in [0.25, 0.3) is 0 Å². The maximum absolute atomic E-state index is 11.1. The van der Waals surface area contributed by atoms with Crippen molar-refractivity contribution in [3.8, 4) is 0 Å². The van der Waals surface area contributed by atoms with Gasteiger partial charge in [0.25, 0.3) is 0 Å². The SMILES string of the molecule is CNCC1CCCN(CCC(=O)NC)C1. The third-order valence-electron chi connectivity index (χ3n) is 3.03.